The summed E-state index contributed by atoms with van der Waals surface area (Å²) in [5, 5.41) is 0. The number of hydrogen-bond acceptors (Lipinski definition) is 4. The molecule has 0 aliphatic carbocycles. The van der Waals surface area contributed by atoms with E-state index in [0.717, 1.165) is 12.8 Å². The Labute approximate surface area is 163 Å². The van der Waals surface area contributed by atoms with Crippen LogP contribution in [0.15, 0.2) is 24.3 Å². The molecule has 0 radical (unpaired) electrons. The van der Waals surface area contributed by atoms with Gasteiger partial charge >= 0.3 is 0 Å². The first kappa shape index (κ1) is 29.8. The minimum Gasteiger partial charge on any atom is -0.380 e. The van der Waals surface area contributed by atoms with Gasteiger partial charge in [0.15, 0.2) is 0 Å². The van der Waals surface area contributed by atoms with Gasteiger partial charge in [-0.1, -0.05) is 39.1 Å². The van der Waals surface area contributed by atoms with Crippen molar-refractivity contribution >= 4 is 0 Å². The second kappa shape index (κ2) is 15.2. The van der Waals surface area contributed by atoms with Crippen molar-refractivity contribution in [3.63, 3.8) is 0 Å². The lowest BCUT2D eigenvalue weighted by atomic mass is 9.94. The third kappa shape index (κ3) is 14.3. The molecular weight excluding hydrogens is 328 g/mol. The summed E-state index contributed by atoms with van der Waals surface area (Å²) in [6.07, 6.45) is 2.04. The summed E-state index contributed by atoms with van der Waals surface area (Å²) >= 11 is 0. The fourth-order valence-electron chi connectivity index (χ4n) is 1.87. The molecule has 0 heterocycles. The van der Waals surface area contributed by atoms with Crippen LogP contribution < -0.4 is 0 Å². The van der Waals surface area contributed by atoms with Crippen LogP contribution in [0.4, 0.5) is 0 Å². The highest BCUT2D eigenvalue weighted by atomic mass is 16.5. The Morgan fingerprint density at radius 1 is 0.615 bits per heavy atom. The van der Waals surface area contributed by atoms with Gasteiger partial charge in [-0.25, -0.2) is 0 Å². The summed E-state index contributed by atoms with van der Waals surface area (Å²) in [6, 6.07) is 8.21. The van der Waals surface area contributed by atoms with Gasteiger partial charge in [-0.15, -0.1) is 0 Å². The van der Waals surface area contributed by atoms with Crippen LogP contribution >= 0.6 is 0 Å². The zero-order chi connectivity index (χ0) is 18.6. The third-order valence-corrected chi connectivity index (χ3v) is 4.08. The lowest BCUT2D eigenvalue weighted by Gasteiger charge is -2.29. The molecule has 0 bridgehead atoms. The Hall–Kier alpha value is -0.940. The summed E-state index contributed by atoms with van der Waals surface area (Å²) in [5.41, 5.74) is 2.32. The van der Waals surface area contributed by atoms with Gasteiger partial charge in [0, 0.05) is 28.4 Å². The highest BCUT2D eigenvalue weighted by molar-refractivity contribution is 5.21. The average molecular weight is 373 g/mol. The summed E-state index contributed by atoms with van der Waals surface area (Å²) in [7, 11) is 6.89. The van der Waals surface area contributed by atoms with E-state index in [2.05, 4.69) is 52.0 Å². The molecular formula is C22H44O4. The minimum atomic E-state index is -0.0319. The second-order valence-corrected chi connectivity index (χ2v) is 7.11. The molecule has 4 heteroatoms. The molecule has 1 rings (SSSR count). The van der Waals surface area contributed by atoms with Crippen LogP contribution in [0.3, 0.4) is 0 Å². The first-order valence-corrected chi connectivity index (χ1v) is 8.35. The van der Waals surface area contributed by atoms with E-state index < -0.39 is 0 Å². The minimum absolute atomic E-state index is 0. The van der Waals surface area contributed by atoms with E-state index in [1.807, 2.05) is 0 Å². The monoisotopic (exact) mass is 372 g/mol. The van der Waals surface area contributed by atoms with Crippen LogP contribution in [0.25, 0.3) is 0 Å². The Morgan fingerprint density at radius 2 is 0.885 bits per heavy atom. The van der Waals surface area contributed by atoms with Gasteiger partial charge in [-0.2, -0.15) is 0 Å². The Balaban J connectivity index is -0.000000378. The van der Waals surface area contributed by atoms with Crippen LogP contribution in [0.2, 0.25) is 0 Å². The zero-order valence-corrected chi connectivity index (χ0v) is 16.8. The molecule has 0 N–H and O–H groups in total. The molecule has 156 valence electrons. The first-order chi connectivity index (χ1) is 11.2. The number of benzene rings is 1. The highest BCUT2D eigenvalue weighted by Gasteiger charge is 2.23. The molecule has 1 aromatic carbocycles. The number of hydrogen-bond donors (Lipinski definition) is 0. The second-order valence-electron chi connectivity index (χ2n) is 7.11. The largest absolute Gasteiger partial charge is 0.380 e. The van der Waals surface area contributed by atoms with E-state index in [0.29, 0.717) is 13.2 Å². The molecule has 0 fully saturated rings. The average Bonchev–Trinajstić information content (AvgIpc) is 2.56. The predicted molar refractivity (Wildman–Crippen MR) is 113 cm³/mol. The van der Waals surface area contributed by atoms with Crippen molar-refractivity contribution < 1.29 is 18.9 Å². The maximum atomic E-state index is 5.32. The lowest BCUT2D eigenvalue weighted by molar-refractivity contribution is -0.0302. The van der Waals surface area contributed by atoms with Gasteiger partial charge in [-0.05, 0) is 51.7 Å². The van der Waals surface area contributed by atoms with Crippen LogP contribution in [0.1, 0.15) is 66.5 Å². The summed E-state index contributed by atoms with van der Waals surface area (Å²) < 4.78 is 20.6. The normalized spacial score (nSPS) is 10.9. The van der Waals surface area contributed by atoms with E-state index >= 15 is 0 Å². The maximum absolute atomic E-state index is 5.32. The lowest BCUT2D eigenvalue weighted by Crippen LogP contribution is -2.29. The number of rotatable bonds is 9. The molecule has 0 atom stereocenters. The van der Waals surface area contributed by atoms with Gasteiger partial charge in [-0.3, -0.25) is 0 Å². The van der Waals surface area contributed by atoms with E-state index in [-0.39, 0.29) is 26.1 Å². The van der Waals surface area contributed by atoms with Gasteiger partial charge in [0.25, 0.3) is 0 Å². The van der Waals surface area contributed by atoms with E-state index in [9.17, 15) is 0 Å². The molecule has 26 heavy (non-hydrogen) atoms. The van der Waals surface area contributed by atoms with Gasteiger partial charge in [0.1, 0.15) is 0 Å². The van der Waals surface area contributed by atoms with Crippen LogP contribution in [-0.4, -0.2) is 39.6 Å². The standard InChI is InChI=1S/C10H14O2.C10H22O2.2CH4/c1-11-7-9-3-5-10(6-4-9)8-12-2;1-9(2,11-5)7-8-10(3,4)12-6;;/h3-6H,7-8H2,1-2H3;7-8H2,1-6H3;2*1H4. The molecule has 0 saturated carbocycles. The Bertz CT molecular complexity index is 383. The van der Waals surface area contributed by atoms with Crippen molar-refractivity contribution in [3.8, 4) is 0 Å². The number of ether oxygens (including phenoxy) is 4. The highest BCUT2D eigenvalue weighted by Crippen LogP contribution is 2.23. The SMILES string of the molecule is C.C.COC(C)(C)CCC(C)(C)OC.COCc1ccc(COC)cc1. The molecule has 0 aromatic heterocycles. The smallest absolute Gasteiger partial charge is 0.0713 e. The van der Waals surface area contributed by atoms with Crippen molar-refractivity contribution in [1.82, 2.24) is 0 Å². The summed E-state index contributed by atoms with van der Waals surface area (Å²) in [6.45, 7) is 9.73. The van der Waals surface area contributed by atoms with Crippen molar-refractivity contribution in [3.05, 3.63) is 35.4 Å². The van der Waals surface area contributed by atoms with E-state index in [4.69, 9.17) is 18.9 Å². The Kier molecular flexibility index (Phi) is 17.4. The molecule has 0 aliphatic rings. The molecule has 0 saturated heterocycles. The molecule has 0 amide bonds. The van der Waals surface area contributed by atoms with E-state index in [1.165, 1.54) is 11.1 Å². The topological polar surface area (TPSA) is 36.9 Å². The summed E-state index contributed by atoms with van der Waals surface area (Å²) in [5.74, 6) is 0. The van der Waals surface area contributed by atoms with E-state index in [1.54, 1.807) is 28.4 Å². The van der Waals surface area contributed by atoms with Crippen LogP contribution in [-0.2, 0) is 32.2 Å². The van der Waals surface area contributed by atoms with Crippen molar-refractivity contribution in [1.29, 1.82) is 0 Å². The fourth-order valence-corrected chi connectivity index (χ4v) is 1.87. The van der Waals surface area contributed by atoms with Crippen LogP contribution in [0.5, 0.6) is 0 Å². The van der Waals surface area contributed by atoms with Gasteiger partial charge in [0.2, 0.25) is 0 Å². The molecule has 4 nitrogen and oxygen atoms in total. The molecule has 0 unspecified atom stereocenters. The fraction of sp³-hybridized carbons (Fsp3) is 0.727. The van der Waals surface area contributed by atoms with Crippen molar-refractivity contribution in [2.75, 3.05) is 28.4 Å². The predicted octanol–water partition coefficient (Wildman–Crippen LogP) is 5.87. The quantitative estimate of drug-likeness (QED) is 0.543. The Morgan fingerprint density at radius 3 is 1.08 bits per heavy atom. The summed E-state index contributed by atoms with van der Waals surface area (Å²) in [4.78, 5) is 0. The van der Waals surface area contributed by atoms with Crippen LogP contribution in [0, 0.1) is 0 Å². The zero-order valence-electron chi connectivity index (χ0n) is 16.8. The molecule has 1 aromatic rings. The molecule has 0 aliphatic heterocycles. The number of methoxy groups -OCH3 is 4. The third-order valence-electron chi connectivity index (χ3n) is 4.08. The van der Waals surface area contributed by atoms with Gasteiger partial charge < -0.3 is 18.9 Å². The molecule has 0 spiro atoms. The first-order valence-electron chi connectivity index (χ1n) is 8.35. The maximum Gasteiger partial charge on any atom is 0.0713 e. The van der Waals surface area contributed by atoms with Gasteiger partial charge in [0.05, 0.1) is 24.4 Å². The van der Waals surface area contributed by atoms with Crippen molar-refractivity contribution in [2.24, 2.45) is 0 Å². The van der Waals surface area contributed by atoms with Crippen molar-refractivity contribution in [2.45, 2.75) is 79.8 Å².